The molecule has 6 aliphatic rings. The quantitative estimate of drug-likeness (QED) is 0.0297. The lowest BCUT2D eigenvalue weighted by Gasteiger charge is -2.41. The summed E-state index contributed by atoms with van der Waals surface area (Å²) in [5.74, 6) is -6.00. The maximum atomic E-state index is 13.8. The summed E-state index contributed by atoms with van der Waals surface area (Å²) in [4.78, 5) is 99.6. The molecule has 8 N–H and O–H groups in total. The van der Waals surface area contributed by atoms with E-state index in [-0.39, 0.29) is 252 Å². The monoisotopic (exact) mass is 1820 g/mol. The van der Waals surface area contributed by atoms with Gasteiger partial charge >= 0.3 is 5.97 Å². The van der Waals surface area contributed by atoms with E-state index < -0.39 is 127 Å². The molecule has 0 aromatic carbocycles. The number of aliphatic carboxylic acids is 1. The minimum absolute atomic E-state index is 0.0109. The Morgan fingerprint density at radius 3 is 0.770 bits per heavy atom. The van der Waals surface area contributed by atoms with Gasteiger partial charge in [-0.3, -0.25) is 38.4 Å². The van der Waals surface area contributed by atoms with Gasteiger partial charge < -0.3 is 180 Å². The molecule has 6 heterocycles. The van der Waals surface area contributed by atoms with Gasteiger partial charge in [-0.05, 0) is 41.5 Å². The highest BCUT2D eigenvalue weighted by Gasteiger charge is 2.59. The molecule has 0 saturated carbocycles. The van der Waals surface area contributed by atoms with Crippen molar-refractivity contribution in [1.82, 2.24) is 37.2 Å². The number of methoxy groups -OCH3 is 3. The topological polar surface area (TPSA) is 509 Å². The van der Waals surface area contributed by atoms with E-state index in [2.05, 4.69) is 37.2 Å². The number of carboxylic acid groups (broad SMARTS) is 1. The molecule has 0 aromatic rings. The van der Waals surface area contributed by atoms with Gasteiger partial charge in [0.15, 0.2) is 36.2 Å². The predicted molar refractivity (Wildman–Crippen MR) is 436 cm³/mol. The average molecular weight is 1820 g/mol. The molecule has 0 bridgehead atoms. The first-order valence-corrected chi connectivity index (χ1v) is 43.1. The van der Waals surface area contributed by atoms with Crippen LogP contribution in [0, 0.1) is 0 Å². The van der Waals surface area contributed by atoms with E-state index in [1.165, 1.54) is 42.1 Å². The molecule has 15 atom stereocenters. The van der Waals surface area contributed by atoms with E-state index in [0.717, 1.165) is 0 Å². The molecule has 6 rings (SSSR count). The number of hydrogen-bond donors (Lipinski definition) is 8. The van der Waals surface area contributed by atoms with Gasteiger partial charge in [0.05, 0.1) is 231 Å². The first-order valence-electron chi connectivity index (χ1n) is 43.1. The van der Waals surface area contributed by atoms with E-state index >= 15 is 0 Å². The van der Waals surface area contributed by atoms with Gasteiger partial charge in [-0.25, -0.2) is 0 Å². The SMILES string of the molecule is CO[C@@H]1O[C@H](COCCOCCOCCOCCNC(=O)CCOCC(COCCC(=O)NCCOCCOCCOCCOC[C@H]2O[C@@H](OC)[C@H](NC(C)=O)[C@H]3OC(C)(C)O[C@H]32)(COCCC(=O)NCCOCCOCCOCCOC[C@H]2O[C@@H](OC)[C@H](NC(C)=O)[C@H]3OC(C)(C)O[C@H]32)NC(=O)CCOCCOCCC(=O)O)[C@@H]2OC(C)(C)O[C@@H]2[C@H]1NC(C)=O. The van der Waals surface area contributed by atoms with Crippen LogP contribution in [0.5, 0.6) is 0 Å². The minimum atomic E-state index is -1.44. The molecule has 0 spiro atoms. The molecule has 6 fully saturated rings. The van der Waals surface area contributed by atoms with Crippen LogP contribution in [0.3, 0.4) is 0 Å². The highest BCUT2D eigenvalue weighted by Crippen LogP contribution is 2.41. The van der Waals surface area contributed by atoms with E-state index in [1.807, 2.05) is 0 Å². The molecule has 730 valence electrons. The minimum Gasteiger partial charge on any atom is -0.481 e. The van der Waals surface area contributed by atoms with Gasteiger partial charge in [-0.1, -0.05) is 0 Å². The Kier molecular flexibility index (Phi) is 53.2. The molecule has 6 aliphatic heterocycles. The van der Waals surface area contributed by atoms with Crippen LogP contribution in [0.2, 0.25) is 0 Å². The van der Waals surface area contributed by atoms with Crippen molar-refractivity contribution in [3.05, 3.63) is 0 Å². The molecular weight excluding hydrogens is 1680 g/mol. The number of amides is 7. The first-order chi connectivity index (χ1) is 60.6. The molecule has 0 radical (unpaired) electrons. The highest BCUT2D eigenvalue weighted by atomic mass is 16.8. The summed E-state index contributed by atoms with van der Waals surface area (Å²) in [6.07, 6.45) is -7.48. The lowest BCUT2D eigenvalue weighted by atomic mass is 9.97. The predicted octanol–water partition coefficient (Wildman–Crippen LogP) is -2.30. The molecule has 0 aromatic heterocycles. The normalized spacial score (nSPS) is 25.2. The molecule has 45 nitrogen and oxygen atoms in total. The smallest absolute Gasteiger partial charge is 0.305 e. The summed E-state index contributed by atoms with van der Waals surface area (Å²) in [6, 6.07) is -1.72. The van der Waals surface area contributed by atoms with Crippen LogP contribution in [0.25, 0.3) is 0 Å². The van der Waals surface area contributed by atoms with Crippen molar-refractivity contribution in [3.63, 3.8) is 0 Å². The second-order valence-electron chi connectivity index (χ2n) is 31.3. The number of ether oxygens (including phenoxy) is 29. The van der Waals surface area contributed by atoms with Crippen molar-refractivity contribution in [2.75, 3.05) is 266 Å². The van der Waals surface area contributed by atoms with Crippen LogP contribution in [-0.2, 0) is 176 Å². The fourth-order valence-corrected chi connectivity index (χ4v) is 13.9. The van der Waals surface area contributed by atoms with Crippen LogP contribution in [-0.4, -0.2) is 433 Å². The van der Waals surface area contributed by atoms with E-state index in [0.29, 0.717) is 59.5 Å². The van der Waals surface area contributed by atoms with Crippen molar-refractivity contribution in [2.24, 2.45) is 0 Å². The number of carbonyl (C=O) groups excluding carboxylic acids is 7. The maximum absolute atomic E-state index is 13.8. The lowest BCUT2D eigenvalue weighted by Crippen LogP contribution is -2.63. The van der Waals surface area contributed by atoms with Crippen LogP contribution in [0.15, 0.2) is 0 Å². The molecular formula is C81H143N7O38. The van der Waals surface area contributed by atoms with Crippen molar-refractivity contribution in [1.29, 1.82) is 0 Å². The Morgan fingerprint density at radius 1 is 0.294 bits per heavy atom. The van der Waals surface area contributed by atoms with E-state index in [1.54, 1.807) is 41.5 Å². The highest BCUT2D eigenvalue weighted by molar-refractivity contribution is 5.78. The Morgan fingerprint density at radius 2 is 0.516 bits per heavy atom. The molecule has 0 unspecified atom stereocenters. The number of fused-ring (bicyclic) bond motifs is 3. The Labute approximate surface area is 737 Å². The molecule has 6 saturated heterocycles. The van der Waals surface area contributed by atoms with Gasteiger partial charge in [0, 0.05) is 87.4 Å². The van der Waals surface area contributed by atoms with Crippen LogP contribution < -0.4 is 37.2 Å². The van der Waals surface area contributed by atoms with Gasteiger partial charge in [-0.2, -0.15) is 0 Å². The lowest BCUT2D eigenvalue weighted by molar-refractivity contribution is -0.245. The Balaban J connectivity index is 0.874. The zero-order valence-corrected chi connectivity index (χ0v) is 75.4. The molecule has 0 aliphatic carbocycles. The fourth-order valence-electron chi connectivity index (χ4n) is 13.9. The van der Waals surface area contributed by atoms with Crippen molar-refractivity contribution < 1.29 is 181 Å². The summed E-state index contributed by atoms with van der Waals surface area (Å²) in [5, 5.41) is 28.8. The molecule has 7 amide bonds. The van der Waals surface area contributed by atoms with Crippen molar-refractivity contribution in [3.8, 4) is 0 Å². The third kappa shape index (κ3) is 43.8. The number of carboxylic acids is 1. The van der Waals surface area contributed by atoms with Crippen LogP contribution in [0.1, 0.15) is 94.4 Å². The summed E-state index contributed by atoms with van der Waals surface area (Å²) in [7, 11) is 4.47. The maximum Gasteiger partial charge on any atom is 0.305 e. The zero-order chi connectivity index (χ0) is 91.4. The largest absolute Gasteiger partial charge is 0.481 e. The summed E-state index contributed by atoms with van der Waals surface area (Å²) in [6.45, 7) is 20.8. The fraction of sp³-hybridized carbons (Fsp3) is 0.901. The average Bonchev–Trinajstić information content (AvgIpc) is 1.62. The standard InChI is InChI=1S/C81H143N7O38/c1-55(89)85-66-72-69(121-78(4,5)124-72)58(118-75(66)98-10)49-112-46-43-109-40-37-106-34-31-103-26-18-82-61(92)13-22-115-52-81(88-64(95)16-21-101-29-30-102-25-17-65(96)97,53-116-23-14-62(93)83-19-27-104-32-35-107-38-41-110-44-47-113-50-59-70-73(125-79(6,7)122-70)67(86-56(2)90)76(99-11)119-59)54-117-24-15-63(94)84-20-28-105-33-36-108-39-42-111-45-48-114-51-60-71-74(126-80(8,9)123-71)68(87-57(3)91)77(100-12)120-60/h58-60,66-77H,13-54H2,1-12H3,(H,82,92)(H,83,93)(H,84,94)(H,85,89)(H,86,90)(H,87,91)(H,88,95)(H,96,97)/t58-,59-,60-,66-,67-,68-,69+,70+,71+,72-,73-,74-,75-,76-,77-/m1/s1. The van der Waals surface area contributed by atoms with Crippen LogP contribution in [0.4, 0.5) is 0 Å². The van der Waals surface area contributed by atoms with Gasteiger partial charge in [0.1, 0.15) is 78.6 Å². The number of carbonyl (C=O) groups is 8. The third-order valence-electron chi connectivity index (χ3n) is 19.4. The zero-order valence-electron chi connectivity index (χ0n) is 75.4. The molecule has 45 heteroatoms. The second kappa shape index (κ2) is 61.3. The van der Waals surface area contributed by atoms with Gasteiger partial charge in [-0.15, -0.1) is 0 Å². The first kappa shape index (κ1) is 109. The van der Waals surface area contributed by atoms with E-state index in [4.69, 9.17) is 142 Å². The number of hydrogen-bond acceptors (Lipinski definition) is 37. The van der Waals surface area contributed by atoms with E-state index in [9.17, 15) is 38.4 Å². The van der Waals surface area contributed by atoms with Crippen molar-refractivity contribution in [2.45, 2.75) is 209 Å². The summed E-state index contributed by atoms with van der Waals surface area (Å²) < 4.78 is 169. The van der Waals surface area contributed by atoms with Crippen molar-refractivity contribution >= 4 is 47.3 Å². The summed E-state index contributed by atoms with van der Waals surface area (Å²) >= 11 is 0. The van der Waals surface area contributed by atoms with Gasteiger partial charge in [0.25, 0.3) is 0 Å². The van der Waals surface area contributed by atoms with Crippen LogP contribution >= 0.6 is 0 Å². The van der Waals surface area contributed by atoms with Gasteiger partial charge in [0.2, 0.25) is 41.4 Å². The Hall–Kier alpha value is -5.40. The molecule has 126 heavy (non-hydrogen) atoms. The summed E-state index contributed by atoms with van der Waals surface area (Å²) in [5.41, 5.74) is -1.44. The number of rotatable bonds is 73. The second-order valence-corrected chi connectivity index (χ2v) is 31.3. The third-order valence-corrected chi connectivity index (χ3v) is 19.4. The Bertz CT molecular complexity index is 2790. The number of nitrogens with one attached hydrogen (secondary N) is 7.